The molecule has 2 rings (SSSR count). The van der Waals surface area contributed by atoms with Gasteiger partial charge in [-0.1, -0.05) is 55.9 Å². The largest absolute Gasteiger partial charge is 0.304 e. The summed E-state index contributed by atoms with van der Waals surface area (Å²) in [5.41, 5.74) is -0.483. The summed E-state index contributed by atoms with van der Waals surface area (Å²) < 4.78 is 0. The zero-order valence-corrected chi connectivity index (χ0v) is 11.8. The summed E-state index contributed by atoms with van der Waals surface area (Å²) in [5.74, 6) is 0.106. The van der Waals surface area contributed by atoms with Gasteiger partial charge in [-0.05, 0) is 17.7 Å². The van der Waals surface area contributed by atoms with E-state index in [1.54, 1.807) is 12.1 Å². The summed E-state index contributed by atoms with van der Waals surface area (Å²) in [5, 5.41) is 3.14. The van der Waals surface area contributed by atoms with Crippen molar-refractivity contribution in [1.29, 1.82) is 0 Å². The lowest BCUT2D eigenvalue weighted by Crippen LogP contribution is -2.54. The molecule has 19 heavy (non-hydrogen) atoms. The van der Waals surface area contributed by atoms with Crippen LogP contribution in [0.3, 0.4) is 0 Å². The molecule has 1 aliphatic rings. The van der Waals surface area contributed by atoms with Gasteiger partial charge in [-0.15, -0.1) is 0 Å². The Morgan fingerprint density at radius 1 is 1.21 bits per heavy atom. The van der Waals surface area contributed by atoms with E-state index in [9.17, 15) is 9.59 Å². The molecule has 1 aliphatic heterocycles. The third kappa shape index (κ3) is 2.30. The maximum atomic E-state index is 12.4. The van der Waals surface area contributed by atoms with Gasteiger partial charge >= 0.3 is 0 Å². The standard InChI is InChI=1S/C14H16N2O2S/c1-3-14(10-8-6-5-7-9-10)11(17)15-13(19-4-2)16-12(14)18/h5-9H,3-4H2,1-2H3,(H,15,16,17,18). The lowest BCUT2D eigenvalue weighted by Gasteiger charge is -2.31. The highest BCUT2D eigenvalue weighted by atomic mass is 32.2. The second kappa shape index (κ2) is 5.57. The highest BCUT2D eigenvalue weighted by Gasteiger charge is 2.48. The zero-order chi connectivity index (χ0) is 13.9. The molecule has 0 fully saturated rings. The molecular weight excluding hydrogens is 260 g/mol. The van der Waals surface area contributed by atoms with Crippen LogP contribution in [0, 0.1) is 0 Å². The quantitative estimate of drug-likeness (QED) is 0.860. The van der Waals surface area contributed by atoms with Crippen LogP contribution in [-0.2, 0) is 15.0 Å². The van der Waals surface area contributed by atoms with E-state index in [0.717, 1.165) is 5.75 Å². The number of thioether (sulfide) groups is 1. The maximum absolute atomic E-state index is 12.4. The molecule has 0 saturated heterocycles. The summed E-state index contributed by atoms with van der Waals surface area (Å²) in [6.45, 7) is 3.78. The summed E-state index contributed by atoms with van der Waals surface area (Å²) in [4.78, 5) is 28.8. The van der Waals surface area contributed by atoms with Gasteiger partial charge in [0.15, 0.2) is 10.6 Å². The Hall–Kier alpha value is -1.62. The number of carbonyl (C=O) groups is 2. The highest BCUT2D eigenvalue weighted by Crippen LogP contribution is 2.32. The van der Waals surface area contributed by atoms with E-state index in [1.807, 2.05) is 32.0 Å². The Morgan fingerprint density at radius 2 is 1.89 bits per heavy atom. The molecule has 1 aromatic rings. The lowest BCUT2D eigenvalue weighted by molar-refractivity contribution is -0.136. The molecule has 1 heterocycles. The van der Waals surface area contributed by atoms with Crippen LogP contribution in [0.1, 0.15) is 25.8 Å². The molecule has 0 aromatic heterocycles. The van der Waals surface area contributed by atoms with Crippen LogP contribution in [0.15, 0.2) is 35.3 Å². The Balaban J connectivity index is 2.47. The molecule has 0 bridgehead atoms. The van der Waals surface area contributed by atoms with Gasteiger partial charge in [0.05, 0.1) is 0 Å². The Bertz CT molecular complexity index is 528. The molecule has 1 N–H and O–H groups in total. The van der Waals surface area contributed by atoms with Crippen molar-refractivity contribution in [2.24, 2.45) is 4.99 Å². The van der Waals surface area contributed by atoms with Crippen molar-refractivity contribution in [2.45, 2.75) is 25.7 Å². The Labute approximate surface area is 116 Å². The van der Waals surface area contributed by atoms with Crippen LogP contribution in [-0.4, -0.2) is 22.7 Å². The van der Waals surface area contributed by atoms with Gasteiger partial charge in [-0.2, -0.15) is 4.99 Å². The molecular formula is C14H16N2O2S. The fourth-order valence-corrected chi connectivity index (χ4v) is 2.80. The fourth-order valence-electron chi connectivity index (χ4n) is 2.21. The molecule has 0 spiro atoms. The predicted octanol–water partition coefficient (Wildman–Crippen LogP) is 2.10. The number of hydrogen-bond acceptors (Lipinski definition) is 3. The van der Waals surface area contributed by atoms with Crippen molar-refractivity contribution < 1.29 is 9.59 Å². The van der Waals surface area contributed by atoms with Crippen LogP contribution in [0.25, 0.3) is 0 Å². The van der Waals surface area contributed by atoms with Gasteiger partial charge in [0.2, 0.25) is 5.91 Å². The van der Waals surface area contributed by atoms with Gasteiger partial charge in [0.25, 0.3) is 5.91 Å². The van der Waals surface area contributed by atoms with Crippen molar-refractivity contribution in [3.05, 3.63) is 35.9 Å². The normalized spacial score (nSPS) is 22.9. The molecule has 0 aliphatic carbocycles. The third-order valence-corrected chi connectivity index (χ3v) is 4.01. The zero-order valence-electron chi connectivity index (χ0n) is 11.0. The first kappa shape index (κ1) is 13.8. The molecule has 0 radical (unpaired) electrons. The van der Waals surface area contributed by atoms with Gasteiger partial charge in [0.1, 0.15) is 0 Å². The molecule has 100 valence electrons. The highest BCUT2D eigenvalue weighted by molar-refractivity contribution is 8.13. The van der Waals surface area contributed by atoms with E-state index < -0.39 is 5.41 Å². The summed E-state index contributed by atoms with van der Waals surface area (Å²) in [6, 6.07) is 9.11. The minimum atomic E-state index is -1.18. The van der Waals surface area contributed by atoms with Crippen LogP contribution < -0.4 is 5.32 Å². The van der Waals surface area contributed by atoms with Crippen LogP contribution in [0.4, 0.5) is 0 Å². The van der Waals surface area contributed by atoms with Crippen molar-refractivity contribution >= 4 is 28.7 Å². The second-order valence-electron chi connectivity index (χ2n) is 4.23. The molecule has 2 amide bonds. The second-order valence-corrected chi connectivity index (χ2v) is 5.49. The van der Waals surface area contributed by atoms with E-state index in [4.69, 9.17) is 0 Å². The van der Waals surface area contributed by atoms with Crippen molar-refractivity contribution in [2.75, 3.05) is 5.75 Å². The average molecular weight is 276 g/mol. The van der Waals surface area contributed by atoms with Crippen molar-refractivity contribution in [3.63, 3.8) is 0 Å². The van der Waals surface area contributed by atoms with Gasteiger partial charge in [-0.3, -0.25) is 9.59 Å². The summed E-state index contributed by atoms with van der Waals surface area (Å²) in [6.07, 6.45) is 0.398. The fraction of sp³-hybridized carbons (Fsp3) is 0.357. The van der Waals surface area contributed by atoms with E-state index in [2.05, 4.69) is 10.3 Å². The smallest absolute Gasteiger partial charge is 0.268 e. The monoisotopic (exact) mass is 276 g/mol. The Morgan fingerprint density at radius 3 is 2.42 bits per heavy atom. The maximum Gasteiger partial charge on any atom is 0.268 e. The number of rotatable bonds is 3. The number of aliphatic imine (C=N–C) groups is 1. The minimum absolute atomic E-state index is 0.280. The molecule has 0 saturated carbocycles. The first-order valence-electron chi connectivity index (χ1n) is 6.28. The molecule has 1 aromatic carbocycles. The number of amidine groups is 1. The lowest BCUT2D eigenvalue weighted by atomic mass is 9.76. The average Bonchev–Trinajstić information content (AvgIpc) is 2.41. The SMILES string of the molecule is CCSC1=NC(=O)C(CC)(c2ccccc2)C(=O)N1. The van der Waals surface area contributed by atoms with Crippen LogP contribution in [0.5, 0.6) is 0 Å². The first-order valence-corrected chi connectivity index (χ1v) is 7.26. The first-order chi connectivity index (χ1) is 9.15. The number of nitrogens with one attached hydrogen (secondary N) is 1. The van der Waals surface area contributed by atoms with E-state index in [-0.39, 0.29) is 11.8 Å². The number of amides is 2. The topological polar surface area (TPSA) is 58.5 Å². The van der Waals surface area contributed by atoms with Crippen molar-refractivity contribution in [3.8, 4) is 0 Å². The molecule has 4 nitrogen and oxygen atoms in total. The van der Waals surface area contributed by atoms with Gasteiger partial charge in [-0.25, -0.2) is 0 Å². The molecule has 1 unspecified atom stereocenters. The van der Waals surface area contributed by atoms with E-state index in [0.29, 0.717) is 17.2 Å². The number of nitrogens with zero attached hydrogens (tertiary/aromatic N) is 1. The number of carbonyl (C=O) groups excluding carboxylic acids is 2. The van der Waals surface area contributed by atoms with Crippen LogP contribution >= 0.6 is 11.8 Å². The number of hydrogen-bond donors (Lipinski definition) is 1. The van der Waals surface area contributed by atoms with Crippen LogP contribution in [0.2, 0.25) is 0 Å². The molecule has 5 heteroatoms. The number of benzene rings is 1. The van der Waals surface area contributed by atoms with Gasteiger partial charge < -0.3 is 5.32 Å². The molecule has 1 atom stereocenters. The van der Waals surface area contributed by atoms with Gasteiger partial charge in [0, 0.05) is 0 Å². The third-order valence-electron chi connectivity index (χ3n) is 3.25. The minimum Gasteiger partial charge on any atom is -0.304 e. The van der Waals surface area contributed by atoms with E-state index in [1.165, 1.54) is 11.8 Å². The van der Waals surface area contributed by atoms with Crippen molar-refractivity contribution in [1.82, 2.24) is 5.32 Å². The van der Waals surface area contributed by atoms with E-state index >= 15 is 0 Å². The summed E-state index contributed by atoms with van der Waals surface area (Å²) >= 11 is 1.36. The summed E-state index contributed by atoms with van der Waals surface area (Å²) in [7, 11) is 0. The Kier molecular flexibility index (Phi) is 4.04. The predicted molar refractivity (Wildman–Crippen MR) is 77.1 cm³/mol.